The van der Waals surface area contributed by atoms with Crippen LogP contribution in [0.15, 0.2) is 72.8 Å². The molecule has 3 heterocycles. The zero-order valence-electron chi connectivity index (χ0n) is 45.0. The van der Waals surface area contributed by atoms with Gasteiger partial charge in [-0.1, -0.05) is 31.2 Å². The molecule has 4 aromatic carbocycles. The van der Waals surface area contributed by atoms with E-state index in [2.05, 4.69) is 10.6 Å². The van der Waals surface area contributed by atoms with E-state index in [9.17, 15) is 33.9 Å². The molecular formula is C57H70N4O17. The Bertz CT molecular complexity index is 2730. The highest BCUT2D eigenvalue weighted by Crippen LogP contribution is 2.42. The molecule has 5 amide bonds. The normalized spacial score (nSPS) is 17.4. The van der Waals surface area contributed by atoms with Crippen molar-refractivity contribution in [3.63, 3.8) is 0 Å². The number of carbonyl (C=O) groups is 6. The molecule has 2 fully saturated rings. The third kappa shape index (κ3) is 14.2. The van der Waals surface area contributed by atoms with E-state index >= 15 is 0 Å². The molecule has 2 saturated heterocycles. The maximum Gasteiger partial charge on any atom is 0.329 e. The lowest BCUT2D eigenvalue weighted by Gasteiger charge is -2.37. The van der Waals surface area contributed by atoms with Gasteiger partial charge >= 0.3 is 5.97 Å². The number of methoxy groups -OCH3 is 5. The fourth-order valence-electron chi connectivity index (χ4n) is 9.82. The number of rotatable bonds is 29. The summed E-state index contributed by atoms with van der Waals surface area (Å²) >= 11 is 0. The van der Waals surface area contributed by atoms with Crippen LogP contribution in [0.4, 0.5) is 0 Å². The Balaban J connectivity index is 0.893. The number of ether oxygens (including phenoxy) is 10. The van der Waals surface area contributed by atoms with Gasteiger partial charge in [0.05, 0.1) is 79.0 Å². The number of carbonyl (C=O) groups excluding carboxylic acids is 6. The summed E-state index contributed by atoms with van der Waals surface area (Å²) in [4.78, 5) is 82.0. The van der Waals surface area contributed by atoms with E-state index in [1.165, 1.54) is 27.4 Å². The fourth-order valence-corrected chi connectivity index (χ4v) is 9.82. The first-order valence-corrected chi connectivity index (χ1v) is 26.1. The number of benzene rings is 4. The minimum atomic E-state index is -1.08. The number of fused-ring (bicyclic) bond motifs is 1. The van der Waals surface area contributed by atoms with Crippen molar-refractivity contribution in [3.8, 4) is 40.2 Å². The smallest absolute Gasteiger partial charge is 0.329 e. The van der Waals surface area contributed by atoms with Crippen molar-refractivity contribution >= 4 is 35.5 Å². The van der Waals surface area contributed by atoms with Gasteiger partial charge in [-0.3, -0.25) is 39.5 Å². The minimum Gasteiger partial charge on any atom is -0.493 e. The van der Waals surface area contributed by atoms with E-state index in [0.29, 0.717) is 84.4 Å². The maximum atomic E-state index is 14.5. The molecule has 21 nitrogen and oxygen atoms in total. The Morgan fingerprint density at radius 3 is 2.15 bits per heavy atom. The van der Waals surface area contributed by atoms with Crippen LogP contribution in [-0.4, -0.2) is 157 Å². The largest absolute Gasteiger partial charge is 0.493 e. The van der Waals surface area contributed by atoms with Gasteiger partial charge in [0.2, 0.25) is 23.5 Å². The van der Waals surface area contributed by atoms with E-state index in [4.69, 9.17) is 47.4 Å². The topological polar surface area (TPSA) is 245 Å². The van der Waals surface area contributed by atoms with E-state index in [-0.39, 0.29) is 75.3 Å². The molecule has 7 rings (SSSR count). The first-order valence-electron chi connectivity index (χ1n) is 26.1. The third-order valence-corrected chi connectivity index (χ3v) is 13.8. The predicted molar refractivity (Wildman–Crippen MR) is 281 cm³/mol. The molecule has 3 N–H and O–H groups in total. The van der Waals surface area contributed by atoms with Gasteiger partial charge in [0.15, 0.2) is 23.0 Å². The summed E-state index contributed by atoms with van der Waals surface area (Å²) in [5.74, 6) is -0.694. The average Bonchev–Trinajstić information content (AvgIpc) is 3.79. The van der Waals surface area contributed by atoms with Crippen molar-refractivity contribution in [2.75, 3.05) is 88.3 Å². The number of aliphatic hydroxyl groups excluding tert-OH is 1. The van der Waals surface area contributed by atoms with Crippen LogP contribution in [0, 0.1) is 0 Å². The van der Waals surface area contributed by atoms with Gasteiger partial charge in [0.1, 0.15) is 49.1 Å². The number of hydrogen-bond acceptors (Lipinski definition) is 18. The molecule has 21 heteroatoms. The van der Waals surface area contributed by atoms with Crippen molar-refractivity contribution in [2.45, 2.75) is 88.6 Å². The van der Waals surface area contributed by atoms with Gasteiger partial charge in [-0.2, -0.15) is 0 Å². The Morgan fingerprint density at radius 1 is 0.731 bits per heavy atom. The number of hydrogen-bond donors (Lipinski definition) is 3. The minimum absolute atomic E-state index is 0.0192. The molecule has 0 spiro atoms. The molecule has 420 valence electrons. The zero-order chi connectivity index (χ0) is 55.7. The van der Waals surface area contributed by atoms with Crippen LogP contribution in [0.25, 0.3) is 0 Å². The standard InChI is InChI=1S/C57H70N4O17/c1-7-39(37-32-47(71-4)52(73-6)48(33-37)72-5)54(65)60-24-9-8-15-42(60)57(68)78-43(20-17-35-18-21-44(69-2)46(30-35)70-3)36-12-10-13-38(31-36)77-34-50(63)58-23-25-74-26-27-75-28-29-76-45-16-11-14-40-51(45)56(67)61(55(40)66)41-19-22-49(62)59-53(41)64/h10-14,16,18,21,30-33,39,41-43,50,58,63H,7-9,15,17,19-20,22-29,34H2,1-6H3,(H,59,62,64)/t39-,41?,42-,43+,50?/m0/s1. The maximum absolute atomic E-state index is 14.5. The van der Waals surface area contributed by atoms with Crippen LogP contribution >= 0.6 is 0 Å². The molecular weight excluding hydrogens is 1010 g/mol. The average molecular weight is 1080 g/mol. The molecule has 2 unspecified atom stereocenters. The molecule has 78 heavy (non-hydrogen) atoms. The summed E-state index contributed by atoms with van der Waals surface area (Å²) < 4.78 is 57.2. The van der Waals surface area contributed by atoms with Crippen molar-refractivity contribution in [1.82, 2.24) is 20.4 Å². The zero-order valence-corrected chi connectivity index (χ0v) is 45.0. The highest BCUT2D eigenvalue weighted by molar-refractivity contribution is 6.24. The van der Waals surface area contributed by atoms with E-state index < -0.39 is 59.9 Å². The highest BCUT2D eigenvalue weighted by Gasteiger charge is 2.46. The quantitative estimate of drug-likeness (QED) is 0.0269. The number of likely N-dealkylation sites (tertiary alicyclic amines) is 1. The molecule has 0 aliphatic carbocycles. The van der Waals surface area contributed by atoms with Crippen LogP contribution in [0.1, 0.15) is 101 Å². The van der Waals surface area contributed by atoms with Crippen molar-refractivity contribution in [2.24, 2.45) is 0 Å². The predicted octanol–water partition coefficient (Wildman–Crippen LogP) is 5.32. The summed E-state index contributed by atoms with van der Waals surface area (Å²) in [5.41, 5.74) is 2.45. The number of esters is 1. The molecule has 3 aliphatic rings. The Morgan fingerprint density at radius 2 is 1.45 bits per heavy atom. The number of amides is 5. The first-order chi connectivity index (χ1) is 37.8. The Hall–Kier alpha value is -7.46. The lowest BCUT2D eigenvalue weighted by Crippen LogP contribution is -2.54. The molecule has 0 radical (unpaired) electrons. The Labute approximate surface area is 453 Å². The van der Waals surface area contributed by atoms with Gasteiger partial charge in [0, 0.05) is 19.5 Å². The first kappa shape index (κ1) is 58.2. The number of nitrogens with zero attached hydrogens (tertiary/aromatic N) is 2. The van der Waals surface area contributed by atoms with E-state index in [0.717, 1.165) is 23.3 Å². The number of imide groups is 2. The van der Waals surface area contributed by atoms with E-state index in [1.807, 2.05) is 31.2 Å². The van der Waals surface area contributed by atoms with Crippen LogP contribution < -0.4 is 43.8 Å². The number of aliphatic hydroxyl groups is 1. The van der Waals surface area contributed by atoms with Gasteiger partial charge in [0.25, 0.3) is 11.8 Å². The lowest BCUT2D eigenvalue weighted by atomic mass is 9.91. The molecule has 0 bridgehead atoms. The number of aryl methyl sites for hydroxylation is 1. The molecule has 0 aromatic heterocycles. The second-order valence-electron chi connectivity index (χ2n) is 18.7. The van der Waals surface area contributed by atoms with E-state index in [1.54, 1.807) is 61.6 Å². The van der Waals surface area contributed by atoms with Gasteiger partial charge < -0.3 is 57.4 Å². The SMILES string of the molecule is CC[C@H](C(=O)N1CCCC[C@H]1C(=O)O[C@H](CCc1ccc(OC)c(OC)c1)c1cccc(OCC(O)NCCOCCOCCOc2cccc3c2C(=O)N(C2CCC(=O)NC2=O)C3=O)c1)c1cc(OC)c(OC)c(OC)c1. The summed E-state index contributed by atoms with van der Waals surface area (Å²) in [6.45, 7) is 3.46. The molecule has 4 aromatic rings. The highest BCUT2D eigenvalue weighted by atomic mass is 16.6. The summed E-state index contributed by atoms with van der Waals surface area (Å²) in [6.07, 6.45) is 1.52. The number of nitrogens with one attached hydrogen (secondary N) is 2. The summed E-state index contributed by atoms with van der Waals surface area (Å²) in [5, 5.41) is 15.9. The monoisotopic (exact) mass is 1080 g/mol. The third-order valence-electron chi connectivity index (χ3n) is 13.8. The Kier molecular flexibility index (Phi) is 21.1. The van der Waals surface area contributed by atoms with Crippen LogP contribution in [0.5, 0.6) is 40.2 Å². The van der Waals surface area contributed by atoms with Gasteiger partial charge in [-0.25, -0.2) is 4.79 Å². The van der Waals surface area contributed by atoms with Crippen LogP contribution in [-0.2, 0) is 39.8 Å². The van der Waals surface area contributed by atoms with Crippen LogP contribution in [0.3, 0.4) is 0 Å². The second kappa shape index (κ2) is 28.2. The van der Waals surface area contributed by atoms with Crippen LogP contribution in [0.2, 0.25) is 0 Å². The molecule has 0 saturated carbocycles. The number of piperidine rings is 2. The van der Waals surface area contributed by atoms with Gasteiger partial charge in [-0.05, 0) is 110 Å². The van der Waals surface area contributed by atoms with Crippen molar-refractivity contribution in [1.29, 1.82) is 0 Å². The van der Waals surface area contributed by atoms with Gasteiger partial charge in [-0.15, -0.1) is 0 Å². The van der Waals surface area contributed by atoms with Crippen molar-refractivity contribution in [3.05, 3.63) is 101 Å². The molecule has 3 aliphatic heterocycles. The fraction of sp³-hybridized carbons (Fsp3) is 0.474. The lowest BCUT2D eigenvalue weighted by molar-refractivity contribution is -0.162. The summed E-state index contributed by atoms with van der Waals surface area (Å²) in [7, 11) is 7.70. The molecule has 5 atom stereocenters. The summed E-state index contributed by atoms with van der Waals surface area (Å²) in [6, 6.07) is 19.1. The second-order valence-corrected chi connectivity index (χ2v) is 18.7. The van der Waals surface area contributed by atoms with Crippen molar-refractivity contribution < 1.29 is 81.2 Å².